The van der Waals surface area contributed by atoms with Gasteiger partial charge in [0.25, 0.3) is 0 Å². The molecule has 0 spiro atoms. The van der Waals surface area contributed by atoms with Gasteiger partial charge in [-0.3, -0.25) is 0 Å². The summed E-state index contributed by atoms with van der Waals surface area (Å²) in [5, 5.41) is 4.93. The molecule has 1 aromatic heterocycles. The molecule has 0 radical (unpaired) electrons. The maximum Gasteiger partial charge on any atom is 0.416 e. The van der Waals surface area contributed by atoms with Crippen LogP contribution in [0.4, 0.5) is 18.9 Å². The maximum absolute atomic E-state index is 12.7. The summed E-state index contributed by atoms with van der Waals surface area (Å²) in [6, 6.07) is 8.16. The number of hydrogen-bond donors (Lipinski definition) is 1. The fourth-order valence-corrected chi connectivity index (χ4v) is 2.28. The van der Waals surface area contributed by atoms with Gasteiger partial charge in [0.15, 0.2) is 0 Å². The molecule has 0 atom stereocenters. The molecule has 1 aromatic carbocycles. The van der Waals surface area contributed by atoms with Crippen LogP contribution in [0.5, 0.6) is 0 Å². The van der Waals surface area contributed by atoms with E-state index in [1.54, 1.807) is 17.4 Å². The van der Waals surface area contributed by atoms with Gasteiger partial charge in [0.2, 0.25) is 0 Å². The van der Waals surface area contributed by atoms with E-state index >= 15 is 0 Å². The van der Waals surface area contributed by atoms with E-state index in [9.17, 15) is 13.2 Å². The highest BCUT2D eigenvalue weighted by Crippen LogP contribution is 2.33. The van der Waals surface area contributed by atoms with Gasteiger partial charge in [0.1, 0.15) is 0 Å². The summed E-state index contributed by atoms with van der Waals surface area (Å²) in [5.41, 5.74) is 0.143. The number of benzene rings is 1. The van der Waals surface area contributed by atoms with Crippen LogP contribution >= 0.6 is 11.3 Å². The topological polar surface area (TPSA) is 12.0 Å². The molecule has 0 aliphatic rings. The lowest BCUT2D eigenvalue weighted by atomic mass is 10.1. The van der Waals surface area contributed by atoms with Crippen LogP contribution in [0.25, 0.3) is 0 Å². The van der Waals surface area contributed by atoms with E-state index in [1.165, 1.54) is 13.0 Å². The normalized spacial score (nSPS) is 11.6. The second-order valence-electron chi connectivity index (χ2n) is 3.96. The SMILES string of the molecule is Cc1ccc(NCc2cccs2)cc1C(F)(F)F. The molecule has 0 saturated heterocycles. The minimum Gasteiger partial charge on any atom is -0.380 e. The molecule has 96 valence electrons. The quantitative estimate of drug-likeness (QED) is 0.854. The number of nitrogens with one attached hydrogen (secondary N) is 1. The first kappa shape index (κ1) is 13.0. The molecule has 1 nitrogen and oxygen atoms in total. The van der Waals surface area contributed by atoms with Crippen LogP contribution in [0.3, 0.4) is 0 Å². The molecule has 0 fully saturated rings. The molecule has 5 heteroatoms. The lowest BCUT2D eigenvalue weighted by Gasteiger charge is -2.13. The van der Waals surface area contributed by atoms with Crippen LogP contribution in [0.1, 0.15) is 16.0 Å². The lowest BCUT2D eigenvalue weighted by molar-refractivity contribution is -0.138. The Balaban J connectivity index is 2.15. The Labute approximate surface area is 107 Å². The molecule has 0 bridgehead atoms. The molecule has 1 heterocycles. The van der Waals surface area contributed by atoms with E-state index in [0.29, 0.717) is 12.2 Å². The van der Waals surface area contributed by atoms with Crippen molar-refractivity contribution in [1.82, 2.24) is 0 Å². The van der Waals surface area contributed by atoms with E-state index in [-0.39, 0.29) is 5.56 Å². The Morgan fingerprint density at radius 2 is 2.00 bits per heavy atom. The zero-order valence-electron chi connectivity index (χ0n) is 9.71. The highest BCUT2D eigenvalue weighted by Gasteiger charge is 2.32. The van der Waals surface area contributed by atoms with Gasteiger partial charge < -0.3 is 5.32 Å². The Kier molecular flexibility index (Phi) is 3.61. The summed E-state index contributed by atoms with van der Waals surface area (Å²) in [5.74, 6) is 0. The Hall–Kier alpha value is -1.49. The van der Waals surface area contributed by atoms with E-state index in [0.717, 1.165) is 10.9 Å². The van der Waals surface area contributed by atoms with Crippen molar-refractivity contribution >= 4 is 17.0 Å². The van der Waals surface area contributed by atoms with E-state index in [2.05, 4.69) is 5.32 Å². The summed E-state index contributed by atoms with van der Waals surface area (Å²) >= 11 is 1.57. The summed E-state index contributed by atoms with van der Waals surface area (Å²) in [7, 11) is 0. The van der Waals surface area contributed by atoms with Crippen molar-refractivity contribution in [2.75, 3.05) is 5.32 Å². The third kappa shape index (κ3) is 3.04. The Bertz CT molecular complexity index is 518. The van der Waals surface area contributed by atoms with Gasteiger partial charge in [-0.15, -0.1) is 11.3 Å². The second kappa shape index (κ2) is 5.02. The van der Waals surface area contributed by atoms with E-state index < -0.39 is 11.7 Å². The summed E-state index contributed by atoms with van der Waals surface area (Å²) in [6.07, 6.45) is -4.30. The molecule has 1 N–H and O–H groups in total. The average Bonchev–Trinajstić information content (AvgIpc) is 2.79. The lowest BCUT2D eigenvalue weighted by Crippen LogP contribution is -2.08. The predicted octanol–water partition coefficient (Wildman–Crippen LogP) is 4.69. The smallest absolute Gasteiger partial charge is 0.380 e. The average molecular weight is 271 g/mol. The van der Waals surface area contributed by atoms with Gasteiger partial charge in [-0.1, -0.05) is 12.1 Å². The zero-order chi connectivity index (χ0) is 13.2. The monoisotopic (exact) mass is 271 g/mol. The fraction of sp³-hybridized carbons (Fsp3) is 0.231. The molecular weight excluding hydrogens is 259 g/mol. The molecule has 0 unspecified atom stereocenters. The van der Waals surface area contributed by atoms with Crippen LogP contribution in [0.2, 0.25) is 0 Å². The molecule has 0 saturated carbocycles. The minimum atomic E-state index is -4.30. The van der Waals surface area contributed by atoms with Crippen molar-refractivity contribution in [3.63, 3.8) is 0 Å². The zero-order valence-corrected chi connectivity index (χ0v) is 10.5. The van der Waals surface area contributed by atoms with Gasteiger partial charge in [-0.2, -0.15) is 13.2 Å². The highest BCUT2D eigenvalue weighted by molar-refractivity contribution is 7.09. The van der Waals surface area contributed by atoms with Gasteiger partial charge in [-0.05, 0) is 36.1 Å². The first-order valence-electron chi connectivity index (χ1n) is 5.41. The molecular formula is C13H12F3NS. The fourth-order valence-electron chi connectivity index (χ4n) is 1.64. The predicted molar refractivity (Wildman–Crippen MR) is 67.8 cm³/mol. The number of aryl methyl sites for hydroxylation is 1. The van der Waals surface area contributed by atoms with E-state index in [4.69, 9.17) is 0 Å². The van der Waals surface area contributed by atoms with Crippen molar-refractivity contribution in [3.8, 4) is 0 Å². The van der Waals surface area contributed by atoms with Gasteiger partial charge >= 0.3 is 6.18 Å². The molecule has 0 aliphatic heterocycles. The second-order valence-corrected chi connectivity index (χ2v) is 4.99. The van der Waals surface area contributed by atoms with Crippen molar-refractivity contribution in [3.05, 3.63) is 51.7 Å². The Morgan fingerprint density at radius 1 is 1.22 bits per heavy atom. The highest BCUT2D eigenvalue weighted by atomic mass is 32.1. The number of rotatable bonds is 3. The van der Waals surface area contributed by atoms with Gasteiger partial charge in [0.05, 0.1) is 5.56 Å². The first-order chi connectivity index (χ1) is 8.47. The van der Waals surface area contributed by atoms with Crippen molar-refractivity contribution in [2.45, 2.75) is 19.6 Å². The standard InChI is InChI=1S/C13H12F3NS/c1-9-4-5-10(7-12(9)13(14,15)16)17-8-11-3-2-6-18-11/h2-7,17H,8H2,1H3. The number of anilines is 1. The largest absolute Gasteiger partial charge is 0.416 e. The van der Waals surface area contributed by atoms with Crippen LogP contribution in [-0.4, -0.2) is 0 Å². The first-order valence-corrected chi connectivity index (χ1v) is 6.29. The number of thiophene rings is 1. The Morgan fingerprint density at radius 3 is 2.61 bits per heavy atom. The summed E-state index contributed by atoms with van der Waals surface area (Å²) in [6.45, 7) is 2.00. The third-order valence-electron chi connectivity index (χ3n) is 2.59. The molecule has 0 amide bonds. The van der Waals surface area contributed by atoms with E-state index in [1.807, 2.05) is 17.5 Å². The van der Waals surface area contributed by atoms with Crippen LogP contribution in [0, 0.1) is 6.92 Å². The van der Waals surface area contributed by atoms with Crippen molar-refractivity contribution < 1.29 is 13.2 Å². The molecule has 2 aromatic rings. The molecule has 0 aliphatic carbocycles. The number of alkyl halides is 3. The third-order valence-corrected chi connectivity index (χ3v) is 3.47. The van der Waals surface area contributed by atoms with Crippen LogP contribution in [-0.2, 0) is 12.7 Å². The van der Waals surface area contributed by atoms with Gasteiger partial charge in [-0.25, -0.2) is 0 Å². The minimum absolute atomic E-state index is 0.240. The van der Waals surface area contributed by atoms with Gasteiger partial charge in [0, 0.05) is 17.1 Å². The number of hydrogen-bond acceptors (Lipinski definition) is 2. The van der Waals surface area contributed by atoms with Crippen molar-refractivity contribution in [1.29, 1.82) is 0 Å². The summed E-state index contributed by atoms with van der Waals surface area (Å²) in [4.78, 5) is 1.09. The van der Waals surface area contributed by atoms with Crippen molar-refractivity contribution in [2.24, 2.45) is 0 Å². The molecule has 18 heavy (non-hydrogen) atoms. The summed E-state index contributed by atoms with van der Waals surface area (Å²) < 4.78 is 38.1. The maximum atomic E-state index is 12.7. The van der Waals surface area contributed by atoms with Crippen LogP contribution in [0.15, 0.2) is 35.7 Å². The van der Waals surface area contributed by atoms with Crippen LogP contribution < -0.4 is 5.32 Å². The number of halogens is 3. The molecule has 2 rings (SSSR count).